The fourth-order valence-corrected chi connectivity index (χ4v) is 4.00. The normalized spacial score (nSPS) is 17.0. The maximum atomic E-state index is 12.5. The molecule has 1 aromatic carbocycles. The summed E-state index contributed by atoms with van der Waals surface area (Å²) in [7, 11) is 0. The molecule has 1 N–H and O–H groups in total. The number of Topliss-reactive ketones (excluding diaryl/α,β-unsaturated/α-hetero) is 1. The van der Waals surface area contributed by atoms with Crippen molar-refractivity contribution in [1.29, 1.82) is 0 Å². The second-order valence-corrected chi connectivity index (χ2v) is 7.64. The van der Waals surface area contributed by atoms with E-state index < -0.39 is 0 Å². The predicted molar refractivity (Wildman–Crippen MR) is 106 cm³/mol. The summed E-state index contributed by atoms with van der Waals surface area (Å²) in [5, 5.41) is 3.00. The van der Waals surface area contributed by atoms with Crippen molar-refractivity contribution in [1.82, 2.24) is 10.2 Å². The third kappa shape index (κ3) is 5.33. The quantitative estimate of drug-likeness (QED) is 0.762. The summed E-state index contributed by atoms with van der Waals surface area (Å²) in [5.74, 6) is -0.0680. The van der Waals surface area contributed by atoms with Crippen LogP contribution < -0.4 is 5.32 Å². The second kappa shape index (κ2) is 9.71. The minimum Gasteiger partial charge on any atom is -0.450 e. The summed E-state index contributed by atoms with van der Waals surface area (Å²) in [6.07, 6.45) is 6.11. The molecule has 0 radical (unpaired) electrons. The van der Waals surface area contributed by atoms with Gasteiger partial charge in [-0.15, -0.1) is 0 Å². The molecule has 1 heterocycles. The zero-order chi connectivity index (χ0) is 19.9. The zero-order valence-electron chi connectivity index (χ0n) is 16.7. The number of ether oxygens (including phenoxy) is 1. The Labute approximate surface area is 166 Å². The molecule has 6 heteroatoms. The SMILES string of the molecule is CCOC(=O)N1CCC(NC(=O)CCC(=O)c2ccc3c(c2)CCCC3)CC1. The van der Waals surface area contributed by atoms with Gasteiger partial charge < -0.3 is 15.0 Å². The maximum Gasteiger partial charge on any atom is 0.409 e. The van der Waals surface area contributed by atoms with Crippen molar-refractivity contribution in [3.8, 4) is 0 Å². The number of piperidine rings is 1. The second-order valence-electron chi connectivity index (χ2n) is 7.64. The molecule has 3 rings (SSSR count). The van der Waals surface area contributed by atoms with Crippen molar-refractivity contribution in [2.24, 2.45) is 0 Å². The van der Waals surface area contributed by atoms with E-state index in [1.165, 1.54) is 24.0 Å². The van der Waals surface area contributed by atoms with E-state index in [-0.39, 0.29) is 36.7 Å². The van der Waals surface area contributed by atoms with Crippen LogP contribution in [0.1, 0.15) is 66.9 Å². The molecule has 0 atom stereocenters. The Kier molecular flexibility index (Phi) is 7.06. The van der Waals surface area contributed by atoms with Crippen LogP contribution in [0.5, 0.6) is 0 Å². The van der Waals surface area contributed by atoms with Crippen molar-refractivity contribution in [2.45, 2.75) is 64.3 Å². The smallest absolute Gasteiger partial charge is 0.409 e. The molecular weight excluding hydrogens is 356 g/mol. The maximum absolute atomic E-state index is 12.5. The fraction of sp³-hybridized carbons (Fsp3) is 0.591. The molecule has 1 aromatic rings. The minimum atomic E-state index is -0.289. The first-order valence-electron chi connectivity index (χ1n) is 10.4. The zero-order valence-corrected chi connectivity index (χ0v) is 16.7. The fourth-order valence-electron chi connectivity index (χ4n) is 4.00. The van der Waals surface area contributed by atoms with Gasteiger partial charge in [-0.1, -0.05) is 12.1 Å². The third-order valence-electron chi connectivity index (χ3n) is 5.64. The van der Waals surface area contributed by atoms with Crippen LogP contribution in [0.2, 0.25) is 0 Å². The van der Waals surface area contributed by atoms with E-state index >= 15 is 0 Å². The van der Waals surface area contributed by atoms with Gasteiger partial charge in [0.15, 0.2) is 5.78 Å². The number of benzene rings is 1. The van der Waals surface area contributed by atoms with Crippen LogP contribution in [0.3, 0.4) is 0 Å². The van der Waals surface area contributed by atoms with Crippen LogP contribution in [0.15, 0.2) is 18.2 Å². The number of hydrogen-bond donors (Lipinski definition) is 1. The summed E-state index contributed by atoms with van der Waals surface area (Å²) in [6, 6.07) is 6.03. The Morgan fingerprint density at radius 3 is 2.50 bits per heavy atom. The molecule has 1 fully saturated rings. The van der Waals surface area contributed by atoms with Gasteiger partial charge >= 0.3 is 6.09 Å². The van der Waals surface area contributed by atoms with Gasteiger partial charge in [0, 0.05) is 37.5 Å². The van der Waals surface area contributed by atoms with Gasteiger partial charge in [-0.05, 0) is 62.6 Å². The molecule has 0 spiro atoms. The third-order valence-corrected chi connectivity index (χ3v) is 5.64. The number of rotatable bonds is 6. The summed E-state index contributed by atoms with van der Waals surface area (Å²) in [4.78, 5) is 38.1. The van der Waals surface area contributed by atoms with E-state index in [1.807, 2.05) is 12.1 Å². The molecular formula is C22H30N2O4. The van der Waals surface area contributed by atoms with Crippen LogP contribution in [0.4, 0.5) is 4.79 Å². The van der Waals surface area contributed by atoms with Crippen molar-refractivity contribution >= 4 is 17.8 Å². The first kappa shape index (κ1) is 20.4. The number of nitrogens with one attached hydrogen (secondary N) is 1. The number of carbonyl (C=O) groups excluding carboxylic acids is 3. The lowest BCUT2D eigenvalue weighted by Gasteiger charge is -2.31. The van der Waals surface area contributed by atoms with Crippen LogP contribution >= 0.6 is 0 Å². The van der Waals surface area contributed by atoms with E-state index in [1.54, 1.807) is 11.8 Å². The molecule has 0 aromatic heterocycles. The molecule has 6 nitrogen and oxygen atoms in total. The lowest BCUT2D eigenvalue weighted by Crippen LogP contribution is -2.46. The average Bonchev–Trinajstić information content (AvgIpc) is 2.72. The van der Waals surface area contributed by atoms with Crippen molar-refractivity contribution < 1.29 is 19.1 Å². The molecule has 1 aliphatic heterocycles. The number of amides is 2. The minimum absolute atomic E-state index is 0.0284. The van der Waals surface area contributed by atoms with E-state index in [0.717, 1.165) is 18.4 Å². The number of aryl methyl sites for hydroxylation is 2. The van der Waals surface area contributed by atoms with Gasteiger partial charge in [-0.3, -0.25) is 9.59 Å². The molecule has 1 saturated heterocycles. The number of nitrogens with zero attached hydrogens (tertiary/aromatic N) is 1. The molecule has 0 saturated carbocycles. The van der Waals surface area contributed by atoms with Crippen LogP contribution in [-0.4, -0.2) is 48.4 Å². The van der Waals surface area contributed by atoms with Gasteiger partial charge in [-0.2, -0.15) is 0 Å². The number of fused-ring (bicyclic) bond motifs is 1. The summed E-state index contributed by atoms with van der Waals surface area (Å²) < 4.78 is 5.00. The van der Waals surface area contributed by atoms with Gasteiger partial charge in [-0.25, -0.2) is 4.79 Å². The topological polar surface area (TPSA) is 75.7 Å². The highest BCUT2D eigenvalue weighted by molar-refractivity contribution is 5.98. The van der Waals surface area contributed by atoms with E-state index in [0.29, 0.717) is 32.5 Å². The predicted octanol–water partition coefficient (Wildman–Crippen LogP) is 3.27. The van der Waals surface area contributed by atoms with E-state index in [4.69, 9.17) is 4.74 Å². The molecule has 28 heavy (non-hydrogen) atoms. The van der Waals surface area contributed by atoms with Crippen molar-refractivity contribution in [3.63, 3.8) is 0 Å². The summed E-state index contributed by atoms with van der Waals surface area (Å²) in [5.41, 5.74) is 3.36. The van der Waals surface area contributed by atoms with Crippen LogP contribution in [-0.2, 0) is 22.4 Å². The van der Waals surface area contributed by atoms with Gasteiger partial charge in [0.2, 0.25) is 5.91 Å². The molecule has 152 valence electrons. The van der Waals surface area contributed by atoms with Crippen LogP contribution in [0, 0.1) is 0 Å². The highest BCUT2D eigenvalue weighted by atomic mass is 16.6. The Balaban J connectivity index is 1.41. The molecule has 2 aliphatic rings. The first-order chi connectivity index (χ1) is 13.6. The van der Waals surface area contributed by atoms with Gasteiger partial charge in [0.05, 0.1) is 6.61 Å². The monoisotopic (exact) mass is 386 g/mol. The Bertz CT molecular complexity index is 723. The standard InChI is InChI=1S/C22H30N2O4/c1-2-28-22(27)24-13-11-19(12-14-24)23-21(26)10-9-20(25)18-8-7-16-5-3-4-6-17(16)15-18/h7-8,15,19H,2-6,9-14H2,1H3,(H,23,26). The highest BCUT2D eigenvalue weighted by Gasteiger charge is 2.24. The largest absolute Gasteiger partial charge is 0.450 e. The molecule has 0 unspecified atom stereocenters. The number of ketones is 1. The Morgan fingerprint density at radius 2 is 1.79 bits per heavy atom. The molecule has 0 bridgehead atoms. The first-order valence-corrected chi connectivity index (χ1v) is 10.4. The Hall–Kier alpha value is -2.37. The summed E-state index contributed by atoms with van der Waals surface area (Å²) in [6.45, 7) is 3.32. The number of carbonyl (C=O) groups is 3. The lowest BCUT2D eigenvalue weighted by molar-refractivity contribution is -0.122. The number of likely N-dealkylation sites (tertiary alicyclic amines) is 1. The van der Waals surface area contributed by atoms with Crippen LogP contribution in [0.25, 0.3) is 0 Å². The molecule has 2 amide bonds. The summed E-state index contributed by atoms with van der Waals surface area (Å²) >= 11 is 0. The van der Waals surface area contributed by atoms with Gasteiger partial charge in [0.1, 0.15) is 0 Å². The average molecular weight is 386 g/mol. The van der Waals surface area contributed by atoms with Gasteiger partial charge in [0.25, 0.3) is 0 Å². The molecule has 1 aliphatic carbocycles. The van der Waals surface area contributed by atoms with E-state index in [2.05, 4.69) is 11.4 Å². The highest BCUT2D eigenvalue weighted by Crippen LogP contribution is 2.23. The lowest BCUT2D eigenvalue weighted by atomic mass is 9.89. The Morgan fingerprint density at radius 1 is 1.07 bits per heavy atom. The number of hydrogen-bond acceptors (Lipinski definition) is 4. The van der Waals surface area contributed by atoms with Crippen molar-refractivity contribution in [3.05, 3.63) is 34.9 Å². The van der Waals surface area contributed by atoms with E-state index in [9.17, 15) is 14.4 Å². The van der Waals surface area contributed by atoms with Crippen molar-refractivity contribution in [2.75, 3.05) is 19.7 Å².